The fourth-order valence-electron chi connectivity index (χ4n) is 3.48. The Kier molecular flexibility index (Phi) is 3.79. The van der Waals surface area contributed by atoms with Crippen molar-refractivity contribution in [3.8, 4) is 0 Å². The smallest absolute Gasteiger partial charge is 0.143 e. The van der Waals surface area contributed by atoms with Gasteiger partial charge in [0.1, 0.15) is 5.82 Å². The Morgan fingerprint density at radius 2 is 2.09 bits per heavy atom. The van der Waals surface area contributed by atoms with E-state index in [1.807, 2.05) is 35.3 Å². The lowest BCUT2D eigenvalue weighted by Crippen LogP contribution is -2.33. The Bertz CT molecular complexity index is 796. The number of fused-ring (bicyclic) bond motifs is 1. The standard InChI is InChI=1S/C18H21N5/c1-14-16-7-2-3-8-17(16)21-18(20-14)13-22-10-4-6-15(22)12-23-11-5-9-19-23/h2-3,5,7-9,11,15H,4,6,10,12-13H2,1H3/t15-/m0/s1. The van der Waals surface area contributed by atoms with E-state index in [1.165, 1.54) is 12.8 Å². The number of rotatable bonds is 4. The average Bonchev–Trinajstić information content (AvgIpc) is 3.21. The molecule has 0 N–H and O–H groups in total. The molecule has 23 heavy (non-hydrogen) atoms. The summed E-state index contributed by atoms with van der Waals surface area (Å²) in [4.78, 5) is 12.0. The topological polar surface area (TPSA) is 46.8 Å². The van der Waals surface area contributed by atoms with E-state index in [1.54, 1.807) is 0 Å². The van der Waals surface area contributed by atoms with Gasteiger partial charge in [-0.25, -0.2) is 9.97 Å². The molecule has 0 radical (unpaired) electrons. The lowest BCUT2D eigenvalue weighted by Gasteiger charge is -2.23. The van der Waals surface area contributed by atoms with Gasteiger partial charge in [0, 0.05) is 29.5 Å². The maximum absolute atomic E-state index is 4.76. The summed E-state index contributed by atoms with van der Waals surface area (Å²) in [6.45, 7) is 4.94. The molecule has 1 atom stereocenters. The Morgan fingerprint density at radius 3 is 2.96 bits per heavy atom. The van der Waals surface area contributed by atoms with Crippen LogP contribution in [0.5, 0.6) is 0 Å². The van der Waals surface area contributed by atoms with Crippen LogP contribution in [0.2, 0.25) is 0 Å². The van der Waals surface area contributed by atoms with Crippen molar-refractivity contribution in [1.82, 2.24) is 24.6 Å². The molecule has 0 amide bonds. The third-order valence-corrected chi connectivity index (χ3v) is 4.64. The van der Waals surface area contributed by atoms with Crippen LogP contribution in [0.4, 0.5) is 0 Å². The molecule has 1 saturated heterocycles. The normalized spacial score (nSPS) is 18.7. The average molecular weight is 307 g/mol. The third-order valence-electron chi connectivity index (χ3n) is 4.64. The Labute approximate surface area is 136 Å². The minimum absolute atomic E-state index is 0.519. The zero-order valence-corrected chi connectivity index (χ0v) is 13.4. The molecule has 118 valence electrons. The number of aryl methyl sites for hydroxylation is 1. The number of nitrogens with zero attached hydrogens (tertiary/aromatic N) is 5. The summed E-state index contributed by atoms with van der Waals surface area (Å²) < 4.78 is 2.02. The zero-order valence-electron chi connectivity index (χ0n) is 13.4. The summed E-state index contributed by atoms with van der Waals surface area (Å²) in [5, 5.41) is 5.48. The minimum Gasteiger partial charge on any atom is -0.291 e. The van der Waals surface area contributed by atoms with Crippen LogP contribution in [0.15, 0.2) is 42.7 Å². The monoisotopic (exact) mass is 307 g/mol. The molecule has 2 aromatic heterocycles. The molecule has 1 aromatic carbocycles. The first-order valence-corrected chi connectivity index (χ1v) is 8.23. The number of benzene rings is 1. The summed E-state index contributed by atoms with van der Waals surface area (Å²) in [5.41, 5.74) is 2.10. The van der Waals surface area contributed by atoms with Crippen LogP contribution in [0.1, 0.15) is 24.4 Å². The van der Waals surface area contributed by atoms with Gasteiger partial charge in [0.25, 0.3) is 0 Å². The van der Waals surface area contributed by atoms with E-state index in [2.05, 4.69) is 29.1 Å². The van der Waals surface area contributed by atoms with Crippen LogP contribution in [-0.4, -0.2) is 37.2 Å². The van der Waals surface area contributed by atoms with E-state index >= 15 is 0 Å². The molecule has 1 aliphatic heterocycles. The first-order chi connectivity index (χ1) is 11.3. The van der Waals surface area contributed by atoms with Crippen molar-refractivity contribution in [2.45, 2.75) is 38.9 Å². The van der Waals surface area contributed by atoms with E-state index < -0.39 is 0 Å². The first-order valence-electron chi connectivity index (χ1n) is 8.23. The number of aromatic nitrogens is 4. The molecule has 3 heterocycles. The van der Waals surface area contributed by atoms with E-state index in [9.17, 15) is 0 Å². The number of likely N-dealkylation sites (tertiary alicyclic amines) is 1. The van der Waals surface area contributed by atoms with Crippen LogP contribution >= 0.6 is 0 Å². The second-order valence-electron chi connectivity index (χ2n) is 6.24. The molecule has 0 aliphatic carbocycles. The quantitative estimate of drug-likeness (QED) is 0.743. The summed E-state index contributed by atoms with van der Waals surface area (Å²) in [5.74, 6) is 0.925. The molecule has 0 unspecified atom stereocenters. The molecule has 1 aliphatic rings. The largest absolute Gasteiger partial charge is 0.291 e. The fraction of sp³-hybridized carbons (Fsp3) is 0.389. The van der Waals surface area contributed by atoms with Gasteiger partial charge in [0.15, 0.2) is 0 Å². The number of hydrogen-bond donors (Lipinski definition) is 0. The van der Waals surface area contributed by atoms with E-state index in [0.29, 0.717) is 6.04 Å². The van der Waals surface area contributed by atoms with Gasteiger partial charge in [-0.05, 0) is 38.4 Å². The highest BCUT2D eigenvalue weighted by Gasteiger charge is 2.25. The van der Waals surface area contributed by atoms with Crippen LogP contribution < -0.4 is 0 Å². The lowest BCUT2D eigenvalue weighted by molar-refractivity contribution is 0.214. The molecule has 4 rings (SSSR count). The maximum Gasteiger partial charge on any atom is 0.143 e. The van der Waals surface area contributed by atoms with Crippen molar-refractivity contribution >= 4 is 10.9 Å². The summed E-state index contributed by atoms with van der Waals surface area (Å²) in [7, 11) is 0. The highest BCUT2D eigenvalue weighted by Crippen LogP contribution is 2.22. The highest BCUT2D eigenvalue weighted by atomic mass is 15.3. The van der Waals surface area contributed by atoms with E-state index in [0.717, 1.165) is 42.1 Å². The van der Waals surface area contributed by atoms with Gasteiger partial charge in [-0.2, -0.15) is 5.10 Å². The van der Waals surface area contributed by atoms with Gasteiger partial charge in [-0.1, -0.05) is 18.2 Å². The molecular formula is C18H21N5. The van der Waals surface area contributed by atoms with Gasteiger partial charge in [0.2, 0.25) is 0 Å². The lowest BCUT2D eigenvalue weighted by atomic mass is 10.2. The SMILES string of the molecule is Cc1nc(CN2CCC[C@H]2Cn2cccn2)nc2ccccc12. The van der Waals surface area contributed by atoms with Crippen LogP contribution in [0.25, 0.3) is 10.9 Å². The van der Waals surface area contributed by atoms with Gasteiger partial charge in [-0.15, -0.1) is 0 Å². The molecule has 3 aromatic rings. The molecule has 5 nitrogen and oxygen atoms in total. The van der Waals surface area contributed by atoms with Gasteiger partial charge in [0.05, 0.1) is 18.6 Å². The van der Waals surface area contributed by atoms with Crippen molar-refractivity contribution in [3.63, 3.8) is 0 Å². The number of para-hydroxylation sites is 1. The molecule has 0 bridgehead atoms. The van der Waals surface area contributed by atoms with Crippen LogP contribution in [-0.2, 0) is 13.1 Å². The van der Waals surface area contributed by atoms with Crippen LogP contribution in [0, 0.1) is 6.92 Å². The van der Waals surface area contributed by atoms with Gasteiger partial charge < -0.3 is 0 Å². The van der Waals surface area contributed by atoms with E-state index in [-0.39, 0.29) is 0 Å². The summed E-state index contributed by atoms with van der Waals surface area (Å²) in [6.07, 6.45) is 6.33. The van der Waals surface area contributed by atoms with Crippen molar-refractivity contribution in [2.24, 2.45) is 0 Å². The molecule has 0 saturated carbocycles. The fourth-order valence-corrected chi connectivity index (χ4v) is 3.48. The first kappa shape index (κ1) is 14.3. The zero-order chi connectivity index (χ0) is 15.6. The molecule has 1 fully saturated rings. The summed E-state index contributed by atoms with van der Waals surface area (Å²) >= 11 is 0. The van der Waals surface area contributed by atoms with Gasteiger partial charge in [-0.3, -0.25) is 9.58 Å². The van der Waals surface area contributed by atoms with Gasteiger partial charge >= 0.3 is 0 Å². The van der Waals surface area contributed by atoms with Crippen molar-refractivity contribution < 1.29 is 0 Å². The third kappa shape index (κ3) is 2.97. The predicted molar refractivity (Wildman–Crippen MR) is 89.9 cm³/mol. The highest BCUT2D eigenvalue weighted by molar-refractivity contribution is 5.80. The Balaban J connectivity index is 1.54. The van der Waals surface area contributed by atoms with Crippen molar-refractivity contribution in [2.75, 3.05) is 6.54 Å². The van der Waals surface area contributed by atoms with Crippen LogP contribution in [0.3, 0.4) is 0 Å². The van der Waals surface area contributed by atoms with Crippen molar-refractivity contribution in [1.29, 1.82) is 0 Å². The Morgan fingerprint density at radius 1 is 1.17 bits per heavy atom. The maximum atomic E-state index is 4.76. The predicted octanol–water partition coefficient (Wildman–Crippen LogP) is 2.80. The number of hydrogen-bond acceptors (Lipinski definition) is 4. The second kappa shape index (κ2) is 6.08. The molecule has 5 heteroatoms. The van der Waals surface area contributed by atoms with Crippen molar-refractivity contribution in [3.05, 3.63) is 54.2 Å². The minimum atomic E-state index is 0.519. The van der Waals surface area contributed by atoms with E-state index in [4.69, 9.17) is 9.97 Å². The molecule has 0 spiro atoms. The summed E-state index contributed by atoms with van der Waals surface area (Å²) in [6, 6.07) is 10.7. The molecular weight excluding hydrogens is 286 g/mol. The Hall–Kier alpha value is -2.27. The second-order valence-corrected chi connectivity index (χ2v) is 6.24.